The number of hydrogen-bond donors (Lipinski definition) is 4. The number of rotatable bonds is 9. The van der Waals surface area contributed by atoms with Crippen molar-refractivity contribution in [3.8, 4) is 0 Å². The van der Waals surface area contributed by atoms with Crippen LogP contribution < -0.4 is 11.1 Å². The highest BCUT2D eigenvalue weighted by Gasteiger charge is 2.21. The number of nitrogens with two attached hydrogens (primary N) is 1. The maximum absolute atomic E-state index is 11.9. The van der Waals surface area contributed by atoms with Gasteiger partial charge in [-0.1, -0.05) is 44.2 Å². The summed E-state index contributed by atoms with van der Waals surface area (Å²) in [4.78, 5) is 27.0. The lowest BCUT2D eigenvalue weighted by atomic mass is 10.1. The van der Waals surface area contributed by atoms with Crippen LogP contribution in [0.5, 0.6) is 0 Å². The van der Waals surface area contributed by atoms with Gasteiger partial charge in [-0.2, -0.15) is 0 Å². The zero-order valence-corrected chi connectivity index (χ0v) is 16.6. The van der Waals surface area contributed by atoms with Crippen molar-refractivity contribution in [3.63, 3.8) is 0 Å². The molecule has 1 heterocycles. The Labute approximate surface area is 171 Å². The van der Waals surface area contributed by atoms with E-state index in [1.54, 1.807) is 18.3 Å². The van der Waals surface area contributed by atoms with E-state index < -0.39 is 17.9 Å². The van der Waals surface area contributed by atoms with Crippen LogP contribution in [0.2, 0.25) is 0 Å². The van der Waals surface area contributed by atoms with E-state index in [1.807, 2.05) is 44.2 Å². The first-order valence-electron chi connectivity index (χ1n) is 9.18. The van der Waals surface area contributed by atoms with Gasteiger partial charge in [-0.3, -0.25) is 9.78 Å². The number of amides is 1. The molecule has 2 aromatic rings. The number of aromatic nitrogens is 1. The average Bonchev–Trinajstić information content (AvgIpc) is 2.69. The molecule has 29 heavy (non-hydrogen) atoms. The van der Waals surface area contributed by atoms with Crippen LogP contribution in [-0.2, 0) is 15.9 Å². The van der Waals surface area contributed by atoms with Crippen LogP contribution in [0.25, 0.3) is 0 Å². The molecule has 0 saturated heterocycles. The second kappa shape index (κ2) is 13.4. The summed E-state index contributed by atoms with van der Waals surface area (Å²) in [5.41, 5.74) is 6.56. The molecule has 0 spiro atoms. The molecule has 0 unspecified atom stereocenters. The van der Waals surface area contributed by atoms with Crippen LogP contribution in [0.1, 0.15) is 36.2 Å². The molecule has 0 saturated carbocycles. The molecular formula is C20H27BN3O5. The number of carbonyl (C=O) groups is 2. The summed E-state index contributed by atoms with van der Waals surface area (Å²) in [5, 5.41) is 19.8. The number of carboxylic acid groups (broad SMARTS) is 1. The fourth-order valence-electron chi connectivity index (χ4n) is 2.39. The first kappa shape index (κ1) is 24.3. The van der Waals surface area contributed by atoms with Crippen LogP contribution >= 0.6 is 0 Å². The highest BCUT2D eigenvalue weighted by Crippen LogP contribution is 2.05. The Bertz CT molecular complexity index is 731. The second-order valence-corrected chi connectivity index (χ2v) is 6.71. The quantitative estimate of drug-likeness (QED) is 0.369. The van der Waals surface area contributed by atoms with Gasteiger partial charge in [0.25, 0.3) is 5.91 Å². The van der Waals surface area contributed by atoms with Gasteiger partial charge in [-0.05, 0) is 30.0 Å². The SMILES string of the molecule is CC(C)C[C@H](N)O[B]O.O=C(N[C@@H](Cc1ccccc1)C(=O)O)c1cccnc1. The molecule has 1 amide bonds. The van der Waals surface area contributed by atoms with Gasteiger partial charge in [-0.25, -0.2) is 4.79 Å². The zero-order chi connectivity index (χ0) is 21.6. The minimum absolute atomic E-state index is 0.238. The molecule has 1 aromatic carbocycles. The average molecular weight is 400 g/mol. The van der Waals surface area contributed by atoms with Crippen molar-refractivity contribution < 1.29 is 24.4 Å². The zero-order valence-electron chi connectivity index (χ0n) is 16.6. The Morgan fingerprint density at radius 1 is 1.21 bits per heavy atom. The minimum Gasteiger partial charge on any atom is -0.480 e. The summed E-state index contributed by atoms with van der Waals surface area (Å²) in [7, 11) is 0.632. The maximum atomic E-state index is 11.9. The molecule has 8 nitrogen and oxygen atoms in total. The molecule has 0 aliphatic carbocycles. The fourth-order valence-corrected chi connectivity index (χ4v) is 2.39. The van der Waals surface area contributed by atoms with Gasteiger partial charge in [0.05, 0.1) is 11.8 Å². The molecule has 0 fully saturated rings. The summed E-state index contributed by atoms with van der Waals surface area (Å²) in [5.74, 6) is -1.01. The van der Waals surface area contributed by atoms with Gasteiger partial charge in [0.2, 0.25) is 0 Å². The van der Waals surface area contributed by atoms with E-state index in [9.17, 15) is 14.7 Å². The monoisotopic (exact) mass is 400 g/mol. The summed E-state index contributed by atoms with van der Waals surface area (Å²) >= 11 is 0. The van der Waals surface area contributed by atoms with Gasteiger partial charge in [0.15, 0.2) is 0 Å². The Morgan fingerprint density at radius 3 is 2.41 bits per heavy atom. The predicted molar refractivity (Wildman–Crippen MR) is 110 cm³/mol. The van der Waals surface area contributed by atoms with Crippen molar-refractivity contribution in [1.29, 1.82) is 0 Å². The van der Waals surface area contributed by atoms with Gasteiger partial charge >= 0.3 is 13.7 Å². The molecule has 2 atom stereocenters. The van der Waals surface area contributed by atoms with Crippen LogP contribution in [0.15, 0.2) is 54.9 Å². The van der Waals surface area contributed by atoms with Crippen molar-refractivity contribution >= 4 is 19.6 Å². The Balaban J connectivity index is 0.000000396. The van der Waals surface area contributed by atoms with Crippen molar-refractivity contribution in [1.82, 2.24) is 10.3 Å². The number of hydrogen-bond acceptors (Lipinski definition) is 6. The van der Waals surface area contributed by atoms with Gasteiger partial charge < -0.3 is 25.8 Å². The smallest absolute Gasteiger partial charge is 0.480 e. The Hall–Kier alpha value is -2.75. The molecule has 1 aromatic heterocycles. The van der Waals surface area contributed by atoms with Crippen LogP contribution in [-0.4, -0.2) is 46.9 Å². The molecular weight excluding hydrogens is 373 g/mol. The van der Waals surface area contributed by atoms with Crippen LogP contribution in [0.4, 0.5) is 0 Å². The van der Waals surface area contributed by atoms with Gasteiger partial charge in [-0.15, -0.1) is 0 Å². The standard InChI is InChI=1S/C15H14N2O3.C5H13BNO2/c18-14(12-7-4-8-16-10-12)17-13(15(19)20)9-11-5-2-1-3-6-11;1-4(2)3-5(7)9-6-8/h1-8,10,13H,9H2,(H,17,18)(H,19,20);4-5,8H,3,7H2,1-2H3/t13-;5-/m01/s1. The number of benzene rings is 1. The third kappa shape index (κ3) is 10.4. The summed E-state index contributed by atoms with van der Waals surface area (Å²) in [6, 6.07) is 11.4. The molecule has 155 valence electrons. The lowest BCUT2D eigenvalue weighted by molar-refractivity contribution is -0.139. The lowest BCUT2D eigenvalue weighted by Crippen LogP contribution is -2.42. The van der Waals surface area contributed by atoms with Gasteiger partial charge in [0, 0.05) is 18.8 Å². The maximum Gasteiger partial charge on any atom is 0.486 e. The number of carbonyl (C=O) groups excluding carboxylic acids is 1. The van der Waals surface area contributed by atoms with Crippen molar-refractivity contribution in [2.75, 3.05) is 0 Å². The van der Waals surface area contributed by atoms with E-state index in [4.69, 9.17) is 10.8 Å². The number of aliphatic carboxylic acids is 1. The normalized spacial score (nSPS) is 12.3. The first-order chi connectivity index (χ1) is 13.8. The van der Waals surface area contributed by atoms with E-state index in [0.717, 1.165) is 12.0 Å². The van der Waals surface area contributed by atoms with E-state index in [0.29, 0.717) is 19.2 Å². The highest BCUT2D eigenvalue weighted by molar-refractivity contribution is 6.15. The molecule has 0 aliphatic heterocycles. The third-order valence-electron chi connectivity index (χ3n) is 3.75. The number of nitrogens with zero attached hydrogens (tertiary/aromatic N) is 1. The summed E-state index contributed by atoms with van der Waals surface area (Å²) in [6.07, 6.45) is 3.58. The molecule has 2 rings (SSSR count). The molecule has 1 radical (unpaired) electrons. The molecule has 0 bridgehead atoms. The van der Waals surface area contributed by atoms with Crippen molar-refractivity contribution in [3.05, 3.63) is 66.0 Å². The molecule has 9 heteroatoms. The van der Waals surface area contributed by atoms with Gasteiger partial charge in [0.1, 0.15) is 6.04 Å². The number of carboxylic acids is 1. The number of pyridine rings is 1. The summed E-state index contributed by atoms with van der Waals surface area (Å²) in [6.45, 7) is 4.08. The van der Waals surface area contributed by atoms with E-state index in [2.05, 4.69) is 15.0 Å². The van der Waals surface area contributed by atoms with E-state index >= 15 is 0 Å². The van der Waals surface area contributed by atoms with E-state index in [1.165, 1.54) is 6.20 Å². The Kier molecular flexibility index (Phi) is 11.3. The van der Waals surface area contributed by atoms with E-state index in [-0.39, 0.29) is 12.6 Å². The third-order valence-corrected chi connectivity index (χ3v) is 3.75. The molecule has 0 aliphatic rings. The van der Waals surface area contributed by atoms with Crippen LogP contribution in [0.3, 0.4) is 0 Å². The van der Waals surface area contributed by atoms with Crippen LogP contribution in [0, 0.1) is 5.92 Å². The first-order valence-corrected chi connectivity index (χ1v) is 9.18. The van der Waals surface area contributed by atoms with Crippen molar-refractivity contribution in [2.45, 2.75) is 39.0 Å². The molecule has 5 N–H and O–H groups in total. The lowest BCUT2D eigenvalue weighted by Gasteiger charge is -2.14. The second-order valence-electron chi connectivity index (χ2n) is 6.71. The topological polar surface area (TPSA) is 135 Å². The Morgan fingerprint density at radius 2 is 1.90 bits per heavy atom. The highest BCUT2D eigenvalue weighted by atomic mass is 16.5. The summed E-state index contributed by atoms with van der Waals surface area (Å²) < 4.78 is 4.56. The van der Waals surface area contributed by atoms with Crippen molar-refractivity contribution in [2.24, 2.45) is 11.7 Å². The largest absolute Gasteiger partial charge is 0.486 e. The fraction of sp³-hybridized carbons (Fsp3) is 0.350. The number of nitrogens with one attached hydrogen (secondary N) is 1. The predicted octanol–water partition coefficient (Wildman–Crippen LogP) is 1.37. The minimum atomic E-state index is -1.06.